The number of nitrogens with one attached hydrogen (secondary N) is 1. The molecule has 0 fully saturated rings. The number of esters is 1. The minimum Gasteiger partial charge on any atom is -0.463 e. The van der Waals surface area contributed by atoms with Crippen molar-refractivity contribution in [3.05, 3.63) is 83.4 Å². The Morgan fingerprint density at radius 1 is 0.975 bits per heavy atom. The fraction of sp³-hybridized carbons (Fsp3) is 0.485. The van der Waals surface area contributed by atoms with Crippen molar-refractivity contribution in [1.82, 2.24) is 10.2 Å². The maximum absolute atomic E-state index is 13.6. The molecule has 2 aromatic carbocycles. The number of carbonyl (C=O) groups is 3. The fourth-order valence-electron chi connectivity index (χ4n) is 5.42. The normalized spacial score (nSPS) is 24.2. The maximum atomic E-state index is 13.6. The highest BCUT2D eigenvalue weighted by molar-refractivity contribution is 5.86. The number of allylic oxidation sites excluding steroid dienone is 2. The summed E-state index contributed by atoms with van der Waals surface area (Å²) >= 11 is 0. The standard InChI is InChI=1S/C33H42N2O5/c1-33(2,3)29-22-40-32(39)26(17-23-11-5-4-6-12-23)15-9-8-14-25(31(38)34-29)19-30(37)35-20-27-16-10-7-13-24(27)18-28(35)21-36/h4-13,16,25-26,28-29,36H,14-15,17-22H2,1-3H3,(H,34,38). The van der Waals surface area contributed by atoms with E-state index in [1.54, 1.807) is 4.90 Å². The summed E-state index contributed by atoms with van der Waals surface area (Å²) in [4.78, 5) is 41.9. The number of nitrogens with zero attached hydrogens (tertiary/aromatic N) is 1. The van der Waals surface area contributed by atoms with E-state index in [1.807, 2.05) is 87.5 Å². The van der Waals surface area contributed by atoms with E-state index >= 15 is 0 Å². The van der Waals surface area contributed by atoms with E-state index in [9.17, 15) is 19.5 Å². The van der Waals surface area contributed by atoms with Crippen LogP contribution in [-0.4, -0.2) is 53.1 Å². The summed E-state index contributed by atoms with van der Waals surface area (Å²) in [5.41, 5.74) is 2.92. The lowest BCUT2D eigenvalue weighted by Gasteiger charge is -2.37. The van der Waals surface area contributed by atoms with Crippen molar-refractivity contribution in [3.63, 3.8) is 0 Å². The molecule has 40 heavy (non-hydrogen) atoms. The highest BCUT2D eigenvalue weighted by atomic mass is 16.5. The predicted molar refractivity (Wildman–Crippen MR) is 154 cm³/mol. The molecule has 0 aliphatic carbocycles. The Morgan fingerprint density at radius 2 is 1.62 bits per heavy atom. The first-order valence-corrected chi connectivity index (χ1v) is 14.3. The van der Waals surface area contributed by atoms with E-state index in [0.29, 0.717) is 32.2 Å². The molecule has 2 amide bonds. The molecule has 0 aromatic heterocycles. The Bertz CT molecular complexity index is 1200. The van der Waals surface area contributed by atoms with Gasteiger partial charge in [0.25, 0.3) is 0 Å². The average Bonchev–Trinajstić information content (AvgIpc) is 2.94. The summed E-state index contributed by atoms with van der Waals surface area (Å²) in [7, 11) is 0. The number of carbonyl (C=O) groups excluding carboxylic acids is 3. The molecule has 214 valence electrons. The summed E-state index contributed by atoms with van der Waals surface area (Å²) in [6.45, 7) is 6.35. The molecule has 0 bridgehead atoms. The zero-order valence-electron chi connectivity index (χ0n) is 23.8. The quantitative estimate of drug-likeness (QED) is 0.433. The third-order valence-corrected chi connectivity index (χ3v) is 8.10. The van der Waals surface area contributed by atoms with Gasteiger partial charge in [-0.1, -0.05) is 87.5 Å². The van der Waals surface area contributed by atoms with Crippen molar-refractivity contribution in [3.8, 4) is 0 Å². The molecule has 0 spiro atoms. The summed E-state index contributed by atoms with van der Waals surface area (Å²) in [6.07, 6.45) is 5.91. The predicted octanol–water partition coefficient (Wildman–Crippen LogP) is 4.22. The van der Waals surface area contributed by atoms with Gasteiger partial charge in [0.15, 0.2) is 0 Å². The number of rotatable bonds is 5. The summed E-state index contributed by atoms with van der Waals surface area (Å²) in [6, 6.07) is 17.1. The smallest absolute Gasteiger partial charge is 0.309 e. The molecule has 4 atom stereocenters. The Kier molecular flexibility index (Phi) is 9.80. The zero-order valence-corrected chi connectivity index (χ0v) is 23.8. The van der Waals surface area contributed by atoms with Gasteiger partial charge >= 0.3 is 5.97 Å². The fourth-order valence-corrected chi connectivity index (χ4v) is 5.42. The Labute approximate surface area is 237 Å². The van der Waals surface area contributed by atoms with Crippen molar-refractivity contribution in [2.45, 2.75) is 71.5 Å². The molecule has 2 N–H and O–H groups in total. The van der Waals surface area contributed by atoms with Gasteiger partial charge in [0.2, 0.25) is 11.8 Å². The van der Waals surface area contributed by atoms with Crippen LogP contribution in [0.4, 0.5) is 0 Å². The lowest BCUT2D eigenvalue weighted by Crippen LogP contribution is -2.51. The van der Waals surface area contributed by atoms with Crippen LogP contribution < -0.4 is 5.32 Å². The van der Waals surface area contributed by atoms with Crippen LogP contribution in [0.15, 0.2) is 66.7 Å². The van der Waals surface area contributed by atoms with Crippen molar-refractivity contribution in [2.24, 2.45) is 17.3 Å². The molecule has 7 heteroatoms. The second kappa shape index (κ2) is 13.3. The second-order valence-electron chi connectivity index (χ2n) is 12.1. The lowest BCUT2D eigenvalue weighted by atomic mass is 9.86. The van der Waals surface area contributed by atoms with E-state index < -0.39 is 12.0 Å². The number of fused-ring (bicyclic) bond motifs is 1. The van der Waals surface area contributed by atoms with Gasteiger partial charge < -0.3 is 20.1 Å². The van der Waals surface area contributed by atoms with Crippen LogP contribution in [0, 0.1) is 17.3 Å². The van der Waals surface area contributed by atoms with Gasteiger partial charge in [-0.15, -0.1) is 0 Å². The molecule has 2 aliphatic heterocycles. The summed E-state index contributed by atoms with van der Waals surface area (Å²) in [5, 5.41) is 13.1. The topological polar surface area (TPSA) is 95.9 Å². The third-order valence-electron chi connectivity index (χ3n) is 8.10. The number of benzene rings is 2. The summed E-state index contributed by atoms with van der Waals surface area (Å²) < 4.78 is 5.77. The molecule has 0 saturated carbocycles. The third kappa shape index (κ3) is 7.60. The molecule has 0 saturated heterocycles. The highest BCUT2D eigenvalue weighted by Gasteiger charge is 2.35. The Balaban J connectivity index is 1.53. The number of aliphatic hydroxyl groups excluding tert-OH is 1. The molecule has 4 rings (SSSR count). The minimum atomic E-state index is -0.576. The number of ether oxygens (including phenoxy) is 1. The molecule has 2 aliphatic rings. The first kappa shape index (κ1) is 29.5. The van der Waals surface area contributed by atoms with Gasteiger partial charge in [-0.05, 0) is 47.8 Å². The Morgan fingerprint density at radius 3 is 2.30 bits per heavy atom. The summed E-state index contributed by atoms with van der Waals surface area (Å²) in [5.74, 6) is -1.56. The van der Waals surface area contributed by atoms with Crippen LogP contribution in [0.25, 0.3) is 0 Å². The van der Waals surface area contributed by atoms with E-state index in [4.69, 9.17) is 4.74 Å². The van der Waals surface area contributed by atoms with E-state index in [-0.39, 0.29) is 54.8 Å². The van der Waals surface area contributed by atoms with Crippen molar-refractivity contribution in [1.29, 1.82) is 0 Å². The molecular formula is C33H42N2O5. The van der Waals surface area contributed by atoms with Crippen LogP contribution in [0.1, 0.15) is 56.7 Å². The molecule has 2 aromatic rings. The maximum Gasteiger partial charge on any atom is 0.309 e. The number of aliphatic hydroxyl groups is 1. The number of hydrogen-bond acceptors (Lipinski definition) is 5. The first-order chi connectivity index (χ1) is 19.2. The van der Waals surface area contributed by atoms with E-state index in [0.717, 1.165) is 16.7 Å². The number of amides is 2. The van der Waals surface area contributed by atoms with Crippen molar-refractivity contribution >= 4 is 17.8 Å². The van der Waals surface area contributed by atoms with Crippen molar-refractivity contribution < 1.29 is 24.2 Å². The van der Waals surface area contributed by atoms with Crippen LogP contribution >= 0.6 is 0 Å². The average molecular weight is 547 g/mol. The molecule has 4 unspecified atom stereocenters. The number of hydrogen-bond donors (Lipinski definition) is 2. The van der Waals surface area contributed by atoms with Crippen LogP contribution in [0.3, 0.4) is 0 Å². The molecular weight excluding hydrogens is 504 g/mol. The zero-order chi connectivity index (χ0) is 28.7. The van der Waals surface area contributed by atoms with Gasteiger partial charge in [0, 0.05) is 13.0 Å². The largest absolute Gasteiger partial charge is 0.463 e. The van der Waals surface area contributed by atoms with Gasteiger partial charge in [-0.2, -0.15) is 0 Å². The second-order valence-corrected chi connectivity index (χ2v) is 12.1. The van der Waals surface area contributed by atoms with E-state index in [1.165, 1.54) is 0 Å². The van der Waals surface area contributed by atoms with E-state index in [2.05, 4.69) is 5.32 Å². The Hall–Kier alpha value is -3.45. The van der Waals surface area contributed by atoms with Gasteiger partial charge in [-0.3, -0.25) is 14.4 Å². The van der Waals surface area contributed by atoms with Crippen LogP contribution in [-0.2, 0) is 38.5 Å². The van der Waals surface area contributed by atoms with Crippen LogP contribution in [0.2, 0.25) is 0 Å². The first-order valence-electron chi connectivity index (χ1n) is 14.3. The van der Waals surface area contributed by atoms with Crippen molar-refractivity contribution in [2.75, 3.05) is 13.2 Å². The lowest BCUT2D eigenvalue weighted by molar-refractivity contribution is -0.151. The number of cyclic esters (lactones) is 1. The van der Waals surface area contributed by atoms with Gasteiger partial charge in [0.1, 0.15) is 6.61 Å². The highest BCUT2D eigenvalue weighted by Crippen LogP contribution is 2.27. The SMILES string of the molecule is CC(C)(C)C1COC(=O)C(Cc2ccccc2)CC=CCC(CC(=O)N2Cc3ccccc3CC2CO)C(=O)N1. The monoisotopic (exact) mass is 546 g/mol. The minimum absolute atomic E-state index is 0.0406. The molecule has 7 nitrogen and oxygen atoms in total. The molecule has 2 heterocycles. The molecule has 0 radical (unpaired) electrons. The van der Waals surface area contributed by atoms with Gasteiger partial charge in [0.05, 0.1) is 30.5 Å². The van der Waals surface area contributed by atoms with Gasteiger partial charge in [-0.25, -0.2) is 0 Å². The van der Waals surface area contributed by atoms with Crippen LogP contribution in [0.5, 0.6) is 0 Å².